The number of rotatable bonds is 5. The third-order valence-electron chi connectivity index (χ3n) is 5.77. The predicted molar refractivity (Wildman–Crippen MR) is 124 cm³/mol. The second-order valence-corrected chi connectivity index (χ2v) is 9.01. The Labute approximate surface area is 192 Å². The van der Waals surface area contributed by atoms with Crippen molar-refractivity contribution in [1.29, 1.82) is 0 Å². The Morgan fingerprint density at radius 2 is 1.91 bits per heavy atom. The van der Waals surface area contributed by atoms with Crippen LogP contribution < -0.4 is 16.0 Å². The maximum Gasteiger partial charge on any atom is 0.252 e. The lowest BCUT2D eigenvalue weighted by molar-refractivity contribution is 0.100. The van der Waals surface area contributed by atoms with Crippen LogP contribution in [0.25, 0.3) is 16.6 Å². The molecule has 0 bridgehead atoms. The highest BCUT2D eigenvalue weighted by atomic mass is 79.9. The molecule has 4 aromatic heterocycles. The molecule has 5 heterocycles. The van der Waals surface area contributed by atoms with Crippen LogP contribution in [0.1, 0.15) is 17.3 Å². The molecule has 2 atom stereocenters. The van der Waals surface area contributed by atoms with Gasteiger partial charge in [0, 0.05) is 62.1 Å². The average Bonchev–Trinajstić information content (AvgIpc) is 3.47. The van der Waals surface area contributed by atoms with E-state index in [1.165, 1.54) is 6.20 Å². The normalized spacial score (nSPS) is 18.4. The van der Waals surface area contributed by atoms with Crippen LogP contribution in [-0.4, -0.2) is 54.4 Å². The van der Waals surface area contributed by atoms with E-state index in [1.54, 1.807) is 27.8 Å². The minimum atomic E-state index is -0.523. The van der Waals surface area contributed by atoms with Gasteiger partial charge in [0.25, 0.3) is 5.91 Å². The number of hydrogen-bond donors (Lipinski definition) is 2. The number of nitrogens with one attached hydrogen (secondary N) is 1. The van der Waals surface area contributed by atoms with Crippen molar-refractivity contribution in [3.05, 3.63) is 53.3 Å². The summed E-state index contributed by atoms with van der Waals surface area (Å²) in [5.41, 5.74) is 9.44. The first kappa shape index (κ1) is 20.4. The highest BCUT2D eigenvalue weighted by Crippen LogP contribution is 2.31. The molecule has 164 valence electrons. The second kappa shape index (κ2) is 7.90. The summed E-state index contributed by atoms with van der Waals surface area (Å²) in [7, 11) is 1.87. The van der Waals surface area contributed by atoms with Gasteiger partial charge in [-0.05, 0) is 27.9 Å². The SMILES string of the molecule is C[C@@H]1CN(c2ncc(Br)cn2)C[C@H]1Nc1c(C(N)=O)cnn2cc(-c3cnn(C)c3)cc12. The van der Waals surface area contributed by atoms with Crippen molar-refractivity contribution >= 4 is 39.0 Å². The van der Waals surface area contributed by atoms with Gasteiger partial charge in [-0.2, -0.15) is 10.2 Å². The van der Waals surface area contributed by atoms with Crippen molar-refractivity contribution in [3.8, 4) is 11.1 Å². The Morgan fingerprint density at radius 3 is 2.59 bits per heavy atom. The van der Waals surface area contributed by atoms with Crippen LogP contribution in [0.5, 0.6) is 0 Å². The zero-order chi connectivity index (χ0) is 22.4. The summed E-state index contributed by atoms with van der Waals surface area (Å²) in [6.07, 6.45) is 10.7. The number of hydrogen-bond acceptors (Lipinski definition) is 7. The number of aromatic nitrogens is 6. The van der Waals surface area contributed by atoms with E-state index < -0.39 is 5.91 Å². The van der Waals surface area contributed by atoms with Gasteiger partial charge in [-0.25, -0.2) is 14.5 Å². The van der Waals surface area contributed by atoms with Gasteiger partial charge >= 0.3 is 0 Å². The molecule has 0 aliphatic carbocycles. The average molecular weight is 496 g/mol. The van der Waals surface area contributed by atoms with Crippen molar-refractivity contribution in [3.63, 3.8) is 0 Å². The molecule has 0 unspecified atom stereocenters. The molecule has 10 nitrogen and oxygen atoms in total. The molecule has 1 aliphatic rings. The summed E-state index contributed by atoms with van der Waals surface area (Å²) in [5.74, 6) is 0.454. The number of nitrogens with two attached hydrogens (primary N) is 1. The summed E-state index contributed by atoms with van der Waals surface area (Å²) in [6, 6.07) is 2.07. The molecule has 1 aliphatic heterocycles. The topological polar surface area (TPSA) is 119 Å². The van der Waals surface area contributed by atoms with E-state index in [0.717, 1.165) is 27.7 Å². The lowest BCUT2D eigenvalue weighted by Crippen LogP contribution is -2.30. The highest BCUT2D eigenvalue weighted by molar-refractivity contribution is 9.10. The molecule has 1 amide bonds. The number of carbonyl (C=O) groups is 1. The van der Waals surface area contributed by atoms with Crippen LogP contribution in [0.2, 0.25) is 0 Å². The molecule has 1 fully saturated rings. The van der Waals surface area contributed by atoms with E-state index >= 15 is 0 Å². The Bertz CT molecular complexity index is 1300. The van der Waals surface area contributed by atoms with Crippen molar-refractivity contribution < 1.29 is 4.79 Å². The molecule has 0 spiro atoms. The number of nitrogens with zero attached hydrogens (tertiary/aromatic N) is 7. The summed E-state index contributed by atoms with van der Waals surface area (Å²) in [6.45, 7) is 3.66. The number of primary amides is 1. The fourth-order valence-corrected chi connectivity index (χ4v) is 4.30. The van der Waals surface area contributed by atoms with E-state index in [4.69, 9.17) is 5.73 Å². The van der Waals surface area contributed by atoms with Gasteiger partial charge in [0.2, 0.25) is 5.95 Å². The van der Waals surface area contributed by atoms with Crippen LogP contribution in [0, 0.1) is 5.92 Å². The molecule has 5 rings (SSSR count). The zero-order valence-electron chi connectivity index (χ0n) is 17.6. The minimum Gasteiger partial charge on any atom is -0.378 e. The minimum absolute atomic E-state index is 0.0725. The van der Waals surface area contributed by atoms with Gasteiger partial charge in [0.15, 0.2) is 0 Å². The lowest BCUT2D eigenvalue weighted by atomic mass is 10.1. The number of anilines is 2. The number of aryl methyl sites for hydroxylation is 1. The van der Waals surface area contributed by atoms with E-state index in [0.29, 0.717) is 29.7 Å². The van der Waals surface area contributed by atoms with Gasteiger partial charge < -0.3 is 16.0 Å². The number of halogens is 1. The Hall–Kier alpha value is -3.47. The van der Waals surface area contributed by atoms with Crippen molar-refractivity contribution in [2.24, 2.45) is 18.7 Å². The van der Waals surface area contributed by atoms with Gasteiger partial charge in [0.1, 0.15) is 0 Å². The van der Waals surface area contributed by atoms with Crippen molar-refractivity contribution in [2.45, 2.75) is 13.0 Å². The smallest absolute Gasteiger partial charge is 0.252 e. The molecule has 4 aromatic rings. The molecule has 0 saturated carbocycles. The van der Waals surface area contributed by atoms with E-state index in [-0.39, 0.29) is 6.04 Å². The third-order valence-corrected chi connectivity index (χ3v) is 6.18. The van der Waals surface area contributed by atoms with Crippen LogP contribution in [0.4, 0.5) is 11.6 Å². The molecule has 32 heavy (non-hydrogen) atoms. The Kier molecular flexibility index (Phi) is 5.04. The molecule has 3 N–H and O–H groups in total. The van der Waals surface area contributed by atoms with E-state index in [2.05, 4.69) is 53.2 Å². The molecular weight excluding hydrogens is 474 g/mol. The maximum atomic E-state index is 12.2. The van der Waals surface area contributed by atoms with Gasteiger partial charge in [-0.1, -0.05) is 6.92 Å². The summed E-state index contributed by atoms with van der Waals surface area (Å²) in [4.78, 5) is 23.2. The molecule has 0 aromatic carbocycles. The van der Waals surface area contributed by atoms with Gasteiger partial charge in [0.05, 0.1) is 33.6 Å². The summed E-state index contributed by atoms with van der Waals surface area (Å²) >= 11 is 3.37. The van der Waals surface area contributed by atoms with E-state index in [9.17, 15) is 4.79 Å². The molecule has 11 heteroatoms. The van der Waals surface area contributed by atoms with Crippen LogP contribution in [0.3, 0.4) is 0 Å². The van der Waals surface area contributed by atoms with E-state index in [1.807, 2.05) is 25.5 Å². The van der Waals surface area contributed by atoms with Crippen molar-refractivity contribution in [1.82, 2.24) is 29.4 Å². The predicted octanol–water partition coefficient (Wildman–Crippen LogP) is 2.32. The second-order valence-electron chi connectivity index (χ2n) is 8.09. The van der Waals surface area contributed by atoms with Gasteiger partial charge in [-0.15, -0.1) is 0 Å². The number of carbonyl (C=O) groups excluding carboxylic acids is 1. The zero-order valence-corrected chi connectivity index (χ0v) is 19.2. The number of fused-ring (bicyclic) bond motifs is 1. The summed E-state index contributed by atoms with van der Waals surface area (Å²) in [5, 5.41) is 12.2. The highest BCUT2D eigenvalue weighted by Gasteiger charge is 2.32. The quantitative estimate of drug-likeness (QED) is 0.435. The monoisotopic (exact) mass is 495 g/mol. The standard InChI is InChI=1S/C21H22BrN9O/c1-12-8-30(21-24-5-15(22)6-25-21)11-17(12)28-19-16(20(23)32)7-27-31-10-13(3-18(19)31)14-4-26-29(2)9-14/h3-7,9-10,12,17,28H,8,11H2,1-2H3,(H2,23,32)/t12-,17-/m1/s1. The first-order valence-electron chi connectivity index (χ1n) is 10.2. The molecule has 1 saturated heterocycles. The maximum absolute atomic E-state index is 12.2. The summed E-state index contributed by atoms with van der Waals surface area (Å²) < 4.78 is 4.34. The van der Waals surface area contributed by atoms with Crippen molar-refractivity contribution in [2.75, 3.05) is 23.3 Å². The largest absolute Gasteiger partial charge is 0.378 e. The lowest BCUT2D eigenvalue weighted by Gasteiger charge is -2.20. The Balaban J connectivity index is 1.49. The molecule has 0 radical (unpaired) electrons. The Morgan fingerprint density at radius 1 is 1.12 bits per heavy atom. The fourth-order valence-electron chi connectivity index (χ4n) is 4.10. The fraction of sp³-hybridized carbons (Fsp3) is 0.286. The third kappa shape index (κ3) is 3.68. The van der Waals surface area contributed by atoms with Crippen LogP contribution in [0.15, 0.2) is 47.7 Å². The number of amides is 1. The van der Waals surface area contributed by atoms with Crippen LogP contribution in [-0.2, 0) is 7.05 Å². The molecular formula is C21H22BrN9O. The first-order valence-corrected chi connectivity index (χ1v) is 11.0. The van der Waals surface area contributed by atoms with Crippen LogP contribution >= 0.6 is 15.9 Å². The van der Waals surface area contributed by atoms with Gasteiger partial charge in [-0.3, -0.25) is 9.48 Å². The first-order chi connectivity index (χ1) is 15.4.